The summed E-state index contributed by atoms with van der Waals surface area (Å²) >= 11 is 0. The maximum Gasteiger partial charge on any atom is 0.289 e. The highest BCUT2D eigenvalue weighted by Gasteiger charge is 2.23. The molecule has 1 aromatic heterocycles. The smallest absolute Gasteiger partial charge is 0.289 e. The van der Waals surface area contributed by atoms with Gasteiger partial charge in [0.1, 0.15) is 0 Å². The average Bonchev–Trinajstić information content (AvgIpc) is 2.65. The SMILES string of the molecule is Cc1coc(C(=O)N2CCC(C)CC2)c1. The molecule has 0 bridgehead atoms. The molecule has 3 heteroatoms. The molecule has 0 spiro atoms. The largest absolute Gasteiger partial charge is 0.459 e. The number of carbonyl (C=O) groups excluding carboxylic acids is 1. The Morgan fingerprint density at radius 3 is 2.67 bits per heavy atom. The molecule has 82 valence electrons. The minimum atomic E-state index is 0.0370. The van der Waals surface area contributed by atoms with E-state index in [1.54, 1.807) is 12.3 Å². The lowest BCUT2D eigenvalue weighted by atomic mass is 9.99. The molecule has 0 aliphatic carbocycles. The third kappa shape index (κ3) is 2.22. The molecule has 3 nitrogen and oxygen atoms in total. The molecule has 1 aliphatic rings. The van der Waals surface area contributed by atoms with E-state index in [4.69, 9.17) is 4.42 Å². The number of amides is 1. The second-order valence-electron chi connectivity index (χ2n) is 4.46. The van der Waals surface area contributed by atoms with E-state index in [0.717, 1.165) is 37.4 Å². The normalized spacial score (nSPS) is 18.1. The quantitative estimate of drug-likeness (QED) is 0.708. The maximum atomic E-state index is 12.0. The monoisotopic (exact) mass is 207 g/mol. The minimum Gasteiger partial charge on any atom is -0.459 e. The van der Waals surface area contributed by atoms with Crippen molar-refractivity contribution < 1.29 is 9.21 Å². The third-order valence-corrected chi connectivity index (χ3v) is 3.01. The summed E-state index contributed by atoms with van der Waals surface area (Å²) in [5, 5.41) is 0. The number of carbonyl (C=O) groups is 1. The summed E-state index contributed by atoms with van der Waals surface area (Å²) in [6, 6.07) is 1.81. The molecule has 15 heavy (non-hydrogen) atoms. The lowest BCUT2D eigenvalue weighted by Crippen LogP contribution is -2.37. The molecule has 1 aromatic rings. The summed E-state index contributed by atoms with van der Waals surface area (Å²) in [6.45, 7) is 5.89. The van der Waals surface area contributed by atoms with Crippen LogP contribution < -0.4 is 0 Å². The molecular formula is C12H17NO2. The average molecular weight is 207 g/mol. The molecule has 0 unspecified atom stereocenters. The van der Waals surface area contributed by atoms with Crippen LogP contribution in [-0.4, -0.2) is 23.9 Å². The predicted molar refractivity (Wildman–Crippen MR) is 57.7 cm³/mol. The predicted octanol–water partition coefficient (Wildman–Crippen LogP) is 2.46. The second kappa shape index (κ2) is 4.09. The number of nitrogens with zero attached hydrogens (tertiary/aromatic N) is 1. The van der Waals surface area contributed by atoms with Crippen molar-refractivity contribution in [1.82, 2.24) is 4.90 Å². The fourth-order valence-corrected chi connectivity index (χ4v) is 1.91. The molecule has 1 saturated heterocycles. The molecule has 0 radical (unpaired) electrons. The fraction of sp³-hybridized carbons (Fsp3) is 0.583. The summed E-state index contributed by atoms with van der Waals surface area (Å²) in [6.07, 6.45) is 3.83. The van der Waals surface area contributed by atoms with Gasteiger partial charge < -0.3 is 9.32 Å². The summed E-state index contributed by atoms with van der Waals surface area (Å²) < 4.78 is 5.21. The van der Waals surface area contributed by atoms with Gasteiger partial charge in [-0.1, -0.05) is 6.92 Å². The van der Waals surface area contributed by atoms with Gasteiger partial charge in [-0.2, -0.15) is 0 Å². The Hall–Kier alpha value is -1.25. The van der Waals surface area contributed by atoms with Gasteiger partial charge in [-0.3, -0.25) is 4.79 Å². The number of hydrogen-bond donors (Lipinski definition) is 0. The molecular weight excluding hydrogens is 190 g/mol. The first-order valence-corrected chi connectivity index (χ1v) is 5.51. The zero-order valence-electron chi connectivity index (χ0n) is 9.32. The highest BCUT2D eigenvalue weighted by molar-refractivity contribution is 5.91. The van der Waals surface area contributed by atoms with Gasteiger partial charge in [-0.05, 0) is 37.3 Å². The first-order valence-electron chi connectivity index (χ1n) is 5.51. The molecule has 1 amide bonds. The second-order valence-corrected chi connectivity index (χ2v) is 4.46. The summed E-state index contributed by atoms with van der Waals surface area (Å²) in [4.78, 5) is 13.8. The van der Waals surface area contributed by atoms with Crippen molar-refractivity contribution in [2.24, 2.45) is 5.92 Å². The number of furan rings is 1. The van der Waals surface area contributed by atoms with Crippen molar-refractivity contribution in [2.45, 2.75) is 26.7 Å². The van der Waals surface area contributed by atoms with Crippen LogP contribution in [0.3, 0.4) is 0 Å². The van der Waals surface area contributed by atoms with Crippen LogP contribution in [0.1, 0.15) is 35.9 Å². The maximum absolute atomic E-state index is 12.0. The van der Waals surface area contributed by atoms with Gasteiger partial charge in [0.2, 0.25) is 0 Å². The van der Waals surface area contributed by atoms with E-state index < -0.39 is 0 Å². The van der Waals surface area contributed by atoms with Crippen LogP contribution >= 0.6 is 0 Å². The van der Waals surface area contributed by atoms with Crippen LogP contribution in [0, 0.1) is 12.8 Å². The van der Waals surface area contributed by atoms with Crippen molar-refractivity contribution >= 4 is 5.91 Å². The van der Waals surface area contributed by atoms with Crippen LogP contribution in [0.2, 0.25) is 0 Å². The minimum absolute atomic E-state index is 0.0370. The van der Waals surface area contributed by atoms with Crippen molar-refractivity contribution in [2.75, 3.05) is 13.1 Å². The van der Waals surface area contributed by atoms with Gasteiger partial charge in [0.05, 0.1) is 6.26 Å². The molecule has 0 saturated carbocycles. The molecule has 1 fully saturated rings. The van der Waals surface area contributed by atoms with Crippen LogP contribution in [-0.2, 0) is 0 Å². The van der Waals surface area contributed by atoms with Crippen molar-refractivity contribution in [3.8, 4) is 0 Å². The fourth-order valence-electron chi connectivity index (χ4n) is 1.91. The van der Waals surface area contributed by atoms with Crippen LogP contribution in [0.25, 0.3) is 0 Å². The number of hydrogen-bond acceptors (Lipinski definition) is 2. The summed E-state index contributed by atoms with van der Waals surface area (Å²) in [7, 11) is 0. The van der Waals surface area contributed by atoms with E-state index >= 15 is 0 Å². The summed E-state index contributed by atoms with van der Waals surface area (Å²) in [5.41, 5.74) is 1.00. The Morgan fingerprint density at radius 1 is 1.47 bits per heavy atom. The Morgan fingerprint density at radius 2 is 2.13 bits per heavy atom. The number of likely N-dealkylation sites (tertiary alicyclic amines) is 1. The molecule has 0 N–H and O–H groups in total. The van der Waals surface area contributed by atoms with Gasteiger partial charge in [0.15, 0.2) is 5.76 Å². The molecule has 0 aromatic carbocycles. The topological polar surface area (TPSA) is 33.5 Å². The van der Waals surface area contributed by atoms with Gasteiger partial charge in [0.25, 0.3) is 5.91 Å². The van der Waals surface area contributed by atoms with Crippen LogP contribution in [0.15, 0.2) is 16.7 Å². The molecule has 2 rings (SSSR count). The molecule has 0 atom stereocenters. The number of piperidine rings is 1. The zero-order chi connectivity index (χ0) is 10.8. The molecule has 1 aliphatic heterocycles. The Bertz CT molecular complexity index is 348. The van der Waals surface area contributed by atoms with Gasteiger partial charge in [-0.15, -0.1) is 0 Å². The summed E-state index contributed by atoms with van der Waals surface area (Å²) in [5.74, 6) is 1.25. The Balaban J connectivity index is 2.02. The highest BCUT2D eigenvalue weighted by Crippen LogP contribution is 2.18. The number of aryl methyl sites for hydroxylation is 1. The Kier molecular flexibility index (Phi) is 2.80. The first kappa shape index (κ1) is 10.3. The van der Waals surface area contributed by atoms with E-state index in [0.29, 0.717) is 5.76 Å². The molecule has 2 heterocycles. The highest BCUT2D eigenvalue weighted by atomic mass is 16.3. The van der Waals surface area contributed by atoms with E-state index in [-0.39, 0.29) is 5.91 Å². The van der Waals surface area contributed by atoms with E-state index in [2.05, 4.69) is 6.92 Å². The van der Waals surface area contributed by atoms with Crippen molar-refractivity contribution in [3.63, 3.8) is 0 Å². The van der Waals surface area contributed by atoms with E-state index in [9.17, 15) is 4.79 Å². The first-order chi connectivity index (χ1) is 7.16. The van der Waals surface area contributed by atoms with Gasteiger partial charge in [0, 0.05) is 13.1 Å². The zero-order valence-corrected chi connectivity index (χ0v) is 9.32. The lowest BCUT2D eigenvalue weighted by molar-refractivity contribution is 0.0665. The lowest BCUT2D eigenvalue weighted by Gasteiger charge is -2.29. The van der Waals surface area contributed by atoms with E-state index in [1.807, 2.05) is 11.8 Å². The Labute approximate surface area is 90.1 Å². The van der Waals surface area contributed by atoms with Gasteiger partial charge in [-0.25, -0.2) is 0 Å². The third-order valence-electron chi connectivity index (χ3n) is 3.01. The van der Waals surface area contributed by atoms with Crippen LogP contribution in [0.4, 0.5) is 0 Å². The van der Waals surface area contributed by atoms with Crippen molar-refractivity contribution in [3.05, 3.63) is 23.7 Å². The van der Waals surface area contributed by atoms with Gasteiger partial charge >= 0.3 is 0 Å². The number of rotatable bonds is 1. The van der Waals surface area contributed by atoms with Crippen LogP contribution in [0.5, 0.6) is 0 Å². The standard InChI is InChI=1S/C12H17NO2/c1-9-3-5-13(6-4-9)12(14)11-7-10(2)8-15-11/h7-9H,3-6H2,1-2H3. The van der Waals surface area contributed by atoms with E-state index in [1.165, 1.54) is 0 Å². The van der Waals surface area contributed by atoms with Crippen molar-refractivity contribution in [1.29, 1.82) is 0 Å².